The van der Waals surface area contributed by atoms with E-state index in [1.165, 1.54) is 6.07 Å². The summed E-state index contributed by atoms with van der Waals surface area (Å²) >= 11 is 11.7. The minimum atomic E-state index is -4.45. The number of ether oxygens (including phenoxy) is 1. The van der Waals surface area contributed by atoms with Crippen LogP contribution >= 0.6 is 23.8 Å². The number of aromatic nitrogens is 1. The molecule has 0 bridgehead atoms. The van der Waals surface area contributed by atoms with Crippen molar-refractivity contribution in [2.75, 3.05) is 43.5 Å². The maximum absolute atomic E-state index is 13.0. The number of methoxy groups -OCH3 is 1. The number of rotatable bonds is 3. The molecule has 5 nitrogen and oxygen atoms in total. The van der Waals surface area contributed by atoms with Crippen LogP contribution in [0.25, 0.3) is 0 Å². The van der Waals surface area contributed by atoms with Crippen molar-refractivity contribution < 1.29 is 17.9 Å². The van der Waals surface area contributed by atoms with E-state index in [0.717, 1.165) is 32.0 Å². The maximum Gasteiger partial charge on any atom is 0.433 e. The van der Waals surface area contributed by atoms with E-state index < -0.39 is 11.9 Å². The summed E-state index contributed by atoms with van der Waals surface area (Å²) in [5.74, 6) is 1.01. The average molecular weight is 471 g/mol. The molecule has 0 amide bonds. The molecular weight excluding hydrogens is 449 g/mol. The third-order valence-corrected chi connectivity index (χ3v) is 6.51. The predicted octanol–water partition coefficient (Wildman–Crippen LogP) is 5.06. The summed E-state index contributed by atoms with van der Waals surface area (Å²) < 4.78 is 44.4. The summed E-state index contributed by atoms with van der Waals surface area (Å²) in [4.78, 5) is 7.88. The molecule has 2 saturated heterocycles. The molecule has 1 atom stereocenters. The van der Waals surface area contributed by atoms with Crippen molar-refractivity contribution in [3.05, 3.63) is 47.1 Å². The summed E-state index contributed by atoms with van der Waals surface area (Å²) in [6, 6.07) is 9.33. The number of alkyl halides is 3. The number of thiocarbonyl (C=S) groups is 1. The zero-order valence-corrected chi connectivity index (χ0v) is 18.4. The van der Waals surface area contributed by atoms with Gasteiger partial charge >= 0.3 is 6.18 Å². The molecule has 3 heterocycles. The monoisotopic (exact) mass is 470 g/mol. The van der Waals surface area contributed by atoms with Crippen LogP contribution < -0.4 is 15.0 Å². The normalized spacial score (nSPS) is 21.1. The number of halogens is 4. The Morgan fingerprint density at radius 2 is 1.97 bits per heavy atom. The highest BCUT2D eigenvalue weighted by atomic mass is 35.5. The van der Waals surface area contributed by atoms with Gasteiger partial charge < -0.3 is 19.9 Å². The number of nitrogens with one attached hydrogen (secondary N) is 1. The second-order valence-corrected chi connectivity index (χ2v) is 8.82. The molecule has 2 aromatic rings. The third-order valence-electron chi connectivity index (χ3n) is 5.92. The van der Waals surface area contributed by atoms with Gasteiger partial charge in [0.25, 0.3) is 0 Å². The summed E-state index contributed by atoms with van der Waals surface area (Å²) in [5, 5.41) is 4.36. The number of hydrogen-bond donors (Lipinski definition) is 1. The van der Waals surface area contributed by atoms with Crippen molar-refractivity contribution in [3.8, 4) is 5.75 Å². The molecule has 2 fully saturated rings. The third kappa shape index (κ3) is 4.67. The minimum absolute atomic E-state index is 0.0277. The molecule has 166 valence electrons. The molecule has 1 N–H and O–H groups in total. The van der Waals surface area contributed by atoms with Crippen molar-refractivity contribution in [2.45, 2.75) is 19.0 Å². The van der Waals surface area contributed by atoms with Crippen molar-refractivity contribution in [1.82, 2.24) is 9.88 Å². The van der Waals surface area contributed by atoms with Gasteiger partial charge in [-0.1, -0.05) is 17.7 Å². The van der Waals surface area contributed by atoms with Crippen molar-refractivity contribution in [1.29, 1.82) is 0 Å². The van der Waals surface area contributed by atoms with Crippen LogP contribution in [-0.4, -0.2) is 48.3 Å². The molecule has 1 aromatic heterocycles. The highest BCUT2D eigenvalue weighted by molar-refractivity contribution is 7.80. The summed E-state index contributed by atoms with van der Waals surface area (Å²) in [5.41, 5.74) is -0.193. The van der Waals surface area contributed by atoms with Crippen LogP contribution in [0.4, 0.5) is 24.7 Å². The van der Waals surface area contributed by atoms with E-state index in [-0.39, 0.29) is 5.41 Å². The van der Waals surface area contributed by atoms with Gasteiger partial charge in [-0.3, -0.25) is 0 Å². The lowest BCUT2D eigenvalue weighted by atomic mass is 9.86. The topological polar surface area (TPSA) is 40.6 Å². The van der Waals surface area contributed by atoms with Crippen molar-refractivity contribution in [2.24, 2.45) is 5.41 Å². The fourth-order valence-corrected chi connectivity index (χ4v) is 4.74. The highest BCUT2D eigenvalue weighted by Gasteiger charge is 2.45. The number of likely N-dealkylation sites (tertiary alicyclic amines) is 1. The summed E-state index contributed by atoms with van der Waals surface area (Å²) in [6.07, 6.45) is -2.65. The van der Waals surface area contributed by atoms with Gasteiger partial charge in [0.15, 0.2) is 5.11 Å². The first-order valence-electron chi connectivity index (χ1n) is 9.88. The van der Waals surface area contributed by atoms with Crippen LogP contribution in [0, 0.1) is 5.41 Å². The second-order valence-electron chi connectivity index (χ2n) is 8.00. The average Bonchev–Trinajstić information content (AvgIpc) is 3.35. The first-order chi connectivity index (χ1) is 14.7. The molecule has 0 aliphatic carbocycles. The predicted molar refractivity (Wildman–Crippen MR) is 119 cm³/mol. The molecule has 4 rings (SSSR count). The Morgan fingerprint density at radius 3 is 2.71 bits per heavy atom. The van der Waals surface area contributed by atoms with Gasteiger partial charge in [-0.15, -0.1) is 0 Å². The molecule has 0 radical (unpaired) electrons. The lowest BCUT2D eigenvalue weighted by molar-refractivity contribution is -0.141. The second kappa shape index (κ2) is 8.35. The first-order valence-corrected chi connectivity index (χ1v) is 10.7. The lowest BCUT2D eigenvalue weighted by Gasteiger charge is -2.26. The van der Waals surface area contributed by atoms with Gasteiger partial charge in [-0.05, 0) is 55.4 Å². The maximum atomic E-state index is 13.0. The van der Waals surface area contributed by atoms with E-state index in [4.69, 9.17) is 28.6 Å². The molecule has 0 saturated carbocycles. The van der Waals surface area contributed by atoms with Crippen molar-refractivity contribution >= 4 is 40.4 Å². The number of benzene rings is 1. The Bertz CT molecular complexity index is 989. The Morgan fingerprint density at radius 1 is 1.19 bits per heavy atom. The van der Waals surface area contributed by atoms with Gasteiger partial charge in [0.2, 0.25) is 0 Å². The molecule has 1 unspecified atom stereocenters. The number of anilines is 2. The fourth-order valence-electron chi connectivity index (χ4n) is 4.30. The Balaban J connectivity index is 1.42. The number of nitrogens with zero attached hydrogens (tertiary/aromatic N) is 3. The zero-order chi connectivity index (χ0) is 22.2. The van der Waals surface area contributed by atoms with E-state index in [9.17, 15) is 13.2 Å². The van der Waals surface area contributed by atoms with Crippen LogP contribution in [0.15, 0.2) is 36.4 Å². The Hall–Kier alpha value is -2.26. The molecule has 2 aliphatic heterocycles. The molecule has 1 spiro atoms. The minimum Gasteiger partial charge on any atom is -0.495 e. The smallest absolute Gasteiger partial charge is 0.433 e. The number of pyridine rings is 1. The highest BCUT2D eigenvalue weighted by Crippen LogP contribution is 2.41. The summed E-state index contributed by atoms with van der Waals surface area (Å²) in [6.45, 7) is 2.83. The van der Waals surface area contributed by atoms with E-state index >= 15 is 0 Å². The zero-order valence-electron chi connectivity index (χ0n) is 16.9. The summed E-state index contributed by atoms with van der Waals surface area (Å²) in [7, 11) is 1.58. The molecule has 2 aliphatic rings. The van der Waals surface area contributed by atoms with Gasteiger partial charge in [0.1, 0.15) is 17.3 Å². The quantitative estimate of drug-likeness (QED) is 0.632. The van der Waals surface area contributed by atoms with Gasteiger partial charge in [0.05, 0.1) is 12.8 Å². The van der Waals surface area contributed by atoms with Gasteiger partial charge in [-0.2, -0.15) is 13.2 Å². The molecular formula is C21H22ClF3N4OS. The molecule has 1 aromatic carbocycles. The van der Waals surface area contributed by atoms with E-state index in [2.05, 4.69) is 15.2 Å². The Labute approximate surface area is 189 Å². The van der Waals surface area contributed by atoms with E-state index in [1.807, 2.05) is 4.90 Å². The standard InChI is InChI=1S/C21H22ClF3N4OS/c1-30-16-6-5-14(22)11-15(16)26-19(31)29-10-8-20(13-29)7-9-28(12-20)18-4-2-3-17(27-18)21(23,24)25/h2-6,11H,7-10,12-13H2,1H3,(H,26,31). The van der Waals surface area contributed by atoms with Crippen LogP contribution in [-0.2, 0) is 6.18 Å². The molecule has 10 heteroatoms. The van der Waals surface area contributed by atoms with Gasteiger partial charge in [0, 0.05) is 36.6 Å². The SMILES string of the molecule is COc1ccc(Cl)cc1NC(=S)N1CCC2(CCN(c3cccc(C(F)(F)F)n3)C2)C1. The van der Waals surface area contributed by atoms with Gasteiger partial charge in [-0.25, -0.2) is 4.98 Å². The van der Waals surface area contributed by atoms with Crippen molar-refractivity contribution in [3.63, 3.8) is 0 Å². The molecule has 31 heavy (non-hydrogen) atoms. The van der Waals surface area contributed by atoms with Crippen LogP contribution in [0.2, 0.25) is 5.02 Å². The lowest BCUT2D eigenvalue weighted by Crippen LogP contribution is -2.36. The fraction of sp³-hybridized carbons (Fsp3) is 0.429. The largest absolute Gasteiger partial charge is 0.495 e. The van der Waals surface area contributed by atoms with Crippen LogP contribution in [0.5, 0.6) is 5.75 Å². The van der Waals surface area contributed by atoms with Crippen LogP contribution in [0.3, 0.4) is 0 Å². The van der Waals surface area contributed by atoms with E-state index in [1.54, 1.807) is 31.4 Å². The first kappa shape index (κ1) is 22.0. The number of hydrogen-bond acceptors (Lipinski definition) is 4. The van der Waals surface area contributed by atoms with Crippen LogP contribution in [0.1, 0.15) is 18.5 Å². The Kier molecular flexibility index (Phi) is 5.91. The van der Waals surface area contributed by atoms with E-state index in [0.29, 0.717) is 40.5 Å².